The van der Waals surface area contributed by atoms with E-state index in [0.29, 0.717) is 34.5 Å². The normalized spacial score (nSPS) is 21.8. The Kier molecular flexibility index (Phi) is 3.83. The third kappa shape index (κ3) is 3.12. The summed E-state index contributed by atoms with van der Waals surface area (Å²) in [5.41, 5.74) is 6.70. The second-order valence-corrected chi connectivity index (χ2v) is 6.72. The van der Waals surface area contributed by atoms with Gasteiger partial charge in [-0.2, -0.15) is 0 Å². The summed E-state index contributed by atoms with van der Waals surface area (Å²) in [4.78, 5) is 0. The van der Waals surface area contributed by atoms with Gasteiger partial charge in [0.25, 0.3) is 5.89 Å². The van der Waals surface area contributed by atoms with Crippen LogP contribution in [0.2, 0.25) is 5.02 Å². The number of halogens is 1. The monoisotopic (exact) mass is 331 g/mol. The number of hydrogen-bond acceptors (Lipinski definition) is 5. The minimum absolute atomic E-state index is 0.354. The van der Waals surface area contributed by atoms with Crippen molar-refractivity contribution in [2.75, 3.05) is 0 Å². The second-order valence-electron chi connectivity index (χ2n) is 6.28. The summed E-state index contributed by atoms with van der Waals surface area (Å²) in [5, 5.41) is 9.87. The minimum atomic E-state index is 0.354. The highest BCUT2D eigenvalue weighted by Gasteiger charge is 2.22. The van der Waals surface area contributed by atoms with Crippen LogP contribution in [0.3, 0.4) is 0 Å². The maximum absolute atomic E-state index is 5.99. The Morgan fingerprint density at radius 1 is 1.09 bits per heavy atom. The lowest BCUT2D eigenvalue weighted by molar-refractivity contribution is 0.305. The molecule has 0 spiro atoms. The van der Waals surface area contributed by atoms with E-state index in [1.165, 1.54) is 0 Å². The Hall–Kier alpha value is -1.85. The predicted octanol–water partition coefficient (Wildman–Crippen LogP) is 4.20. The average molecular weight is 332 g/mol. The Morgan fingerprint density at radius 2 is 1.91 bits per heavy atom. The van der Waals surface area contributed by atoms with Crippen LogP contribution in [0.15, 0.2) is 33.1 Å². The minimum Gasteiger partial charge on any atom is -0.451 e. The van der Waals surface area contributed by atoms with Crippen LogP contribution in [0.4, 0.5) is 0 Å². The number of benzene rings is 1. The van der Waals surface area contributed by atoms with Crippen molar-refractivity contribution in [3.8, 4) is 11.7 Å². The molecule has 0 saturated heterocycles. The van der Waals surface area contributed by atoms with Gasteiger partial charge in [-0.15, -0.1) is 10.2 Å². The molecule has 0 atom stereocenters. The zero-order chi connectivity index (χ0) is 15.8. The van der Waals surface area contributed by atoms with Crippen LogP contribution in [0, 0.1) is 5.92 Å². The van der Waals surface area contributed by atoms with Crippen molar-refractivity contribution in [3.05, 3.63) is 35.2 Å². The predicted molar refractivity (Wildman–Crippen MR) is 88.2 cm³/mol. The quantitative estimate of drug-likeness (QED) is 0.778. The summed E-state index contributed by atoms with van der Waals surface area (Å²) in [6.45, 7) is 0. The summed E-state index contributed by atoms with van der Waals surface area (Å²) in [6.07, 6.45) is 5.22. The van der Waals surface area contributed by atoms with Crippen molar-refractivity contribution in [1.82, 2.24) is 10.2 Å². The maximum atomic E-state index is 5.99. The third-order valence-electron chi connectivity index (χ3n) is 4.51. The van der Waals surface area contributed by atoms with E-state index < -0.39 is 0 Å². The zero-order valence-electron chi connectivity index (χ0n) is 12.7. The van der Waals surface area contributed by atoms with E-state index in [4.69, 9.17) is 26.2 Å². The van der Waals surface area contributed by atoms with Crippen molar-refractivity contribution >= 4 is 22.6 Å². The zero-order valence-corrected chi connectivity index (χ0v) is 13.4. The number of nitrogens with two attached hydrogens (primary N) is 1. The van der Waals surface area contributed by atoms with Gasteiger partial charge in [-0.3, -0.25) is 0 Å². The maximum Gasteiger partial charge on any atom is 0.283 e. The standard InChI is InChI=1S/C17H18ClN3O2/c18-12-3-6-14-11(8-12)9-15(22-14)17-21-20-16(23-17)7-10-1-4-13(19)5-2-10/h3,6,8-10,13H,1-2,4-5,7,19H2. The summed E-state index contributed by atoms with van der Waals surface area (Å²) in [6, 6.07) is 7.71. The van der Waals surface area contributed by atoms with Gasteiger partial charge in [-0.1, -0.05) is 11.6 Å². The summed E-state index contributed by atoms with van der Waals surface area (Å²) >= 11 is 5.99. The van der Waals surface area contributed by atoms with E-state index >= 15 is 0 Å². The lowest BCUT2D eigenvalue weighted by Crippen LogP contribution is -2.27. The van der Waals surface area contributed by atoms with Gasteiger partial charge in [0.1, 0.15) is 5.58 Å². The van der Waals surface area contributed by atoms with E-state index in [0.717, 1.165) is 43.1 Å². The van der Waals surface area contributed by atoms with E-state index in [-0.39, 0.29) is 0 Å². The summed E-state index contributed by atoms with van der Waals surface area (Å²) in [5.74, 6) is 2.24. The molecule has 2 aromatic heterocycles. The first kappa shape index (κ1) is 14.7. The van der Waals surface area contributed by atoms with Gasteiger partial charge in [0, 0.05) is 22.9 Å². The van der Waals surface area contributed by atoms with Gasteiger partial charge in [0.05, 0.1) is 0 Å². The molecule has 6 heteroatoms. The molecule has 23 heavy (non-hydrogen) atoms. The van der Waals surface area contributed by atoms with E-state index in [1.807, 2.05) is 18.2 Å². The number of furan rings is 1. The Morgan fingerprint density at radius 3 is 2.74 bits per heavy atom. The fourth-order valence-corrected chi connectivity index (χ4v) is 3.38. The molecule has 1 aromatic carbocycles. The van der Waals surface area contributed by atoms with Crippen LogP contribution in [-0.2, 0) is 6.42 Å². The van der Waals surface area contributed by atoms with Crippen molar-refractivity contribution in [1.29, 1.82) is 0 Å². The lowest BCUT2D eigenvalue weighted by atomic mass is 9.84. The first-order chi connectivity index (χ1) is 11.2. The van der Waals surface area contributed by atoms with E-state index in [9.17, 15) is 0 Å². The molecular formula is C17H18ClN3O2. The topological polar surface area (TPSA) is 78.1 Å². The van der Waals surface area contributed by atoms with Crippen LogP contribution in [0.1, 0.15) is 31.6 Å². The van der Waals surface area contributed by atoms with Gasteiger partial charge in [-0.05, 0) is 55.9 Å². The van der Waals surface area contributed by atoms with Crippen LogP contribution in [0.25, 0.3) is 22.6 Å². The van der Waals surface area contributed by atoms with Crippen molar-refractivity contribution in [3.63, 3.8) is 0 Å². The molecule has 0 aliphatic heterocycles. The Bertz CT molecular complexity index is 818. The number of nitrogens with zero attached hydrogens (tertiary/aromatic N) is 2. The fraction of sp³-hybridized carbons (Fsp3) is 0.412. The molecule has 2 N–H and O–H groups in total. The average Bonchev–Trinajstić information content (AvgIpc) is 3.15. The second kappa shape index (κ2) is 5.98. The lowest BCUT2D eigenvalue weighted by Gasteiger charge is -2.24. The van der Waals surface area contributed by atoms with E-state index in [1.54, 1.807) is 6.07 Å². The molecule has 1 aliphatic carbocycles. The number of aromatic nitrogens is 2. The van der Waals surface area contributed by atoms with Gasteiger partial charge >= 0.3 is 0 Å². The van der Waals surface area contributed by atoms with Crippen molar-refractivity contribution in [2.24, 2.45) is 11.7 Å². The SMILES string of the molecule is NC1CCC(Cc2nnc(-c3cc4cc(Cl)ccc4o3)o2)CC1. The molecule has 120 valence electrons. The first-order valence-electron chi connectivity index (χ1n) is 7.95. The molecule has 3 aromatic rings. The molecule has 1 aliphatic rings. The molecule has 1 fully saturated rings. The van der Waals surface area contributed by atoms with Gasteiger partial charge in [0.15, 0.2) is 5.76 Å². The largest absolute Gasteiger partial charge is 0.451 e. The van der Waals surface area contributed by atoms with Gasteiger partial charge < -0.3 is 14.6 Å². The molecule has 0 bridgehead atoms. The molecule has 0 radical (unpaired) electrons. The van der Waals surface area contributed by atoms with Crippen molar-refractivity contribution in [2.45, 2.75) is 38.1 Å². The summed E-state index contributed by atoms with van der Waals surface area (Å²) in [7, 11) is 0. The highest BCUT2D eigenvalue weighted by molar-refractivity contribution is 6.31. The van der Waals surface area contributed by atoms with Crippen LogP contribution in [-0.4, -0.2) is 16.2 Å². The number of rotatable bonds is 3. The molecule has 2 heterocycles. The molecule has 1 saturated carbocycles. The highest BCUT2D eigenvalue weighted by atomic mass is 35.5. The molecule has 0 amide bonds. The van der Waals surface area contributed by atoms with Gasteiger partial charge in [0.2, 0.25) is 5.89 Å². The Labute approximate surface area is 138 Å². The molecule has 0 unspecified atom stereocenters. The molecular weight excluding hydrogens is 314 g/mol. The smallest absolute Gasteiger partial charge is 0.283 e. The number of hydrogen-bond donors (Lipinski definition) is 1. The fourth-order valence-electron chi connectivity index (χ4n) is 3.19. The van der Waals surface area contributed by atoms with E-state index in [2.05, 4.69) is 10.2 Å². The third-order valence-corrected chi connectivity index (χ3v) is 4.75. The first-order valence-corrected chi connectivity index (χ1v) is 8.32. The Balaban J connectivity index is 1.52. The van der Waals surface area contributed by atoms with Crippen LogP contribution in [0.5, 0.6) is 0 Å². The van der Waals surface area contributed by atoms with Gasteiger partial charge in [-0.25, -0.2) is 0 Å². The van der Waals surface area contributed by atoms with Crippen LogP contribution < -0.4 is 5.73 Å². The molecule has 5 nitrogen and oxygen atoms in total. The highest BCUT2D eigenvalue weighted by Crippen LogP contribution is 2.30. The number of fused-ring (bicyclic) bond motifs is 1. The molecule has 4 rings (SSSR count). The van der Waals surface area contributed by atoms with Crippen molar-refractivity contribution < 1.29 is 8.83 Å². The summed E-state index contributed by atoms with van der Waals surface area (Å²) < 4.78 is 11.5. The van der Waals surface area contributed by atoms with Crippen LogP contribution >= 0.6 is 11.6 Å².